The molecule has 0 aromatic heterocycles. The van der Waals surface area contributed by atoms with Gasteiger partial charge in [-0.3, -0.25) is 4.79 Å². The van der Waals surface area contributed by atoms with E-state index < -0.39 is 0 Å². The van der Waals surface area contributed by atoms with Gasteiger partial charge in [-0.05, 0) is 36.8 Å². The molecule has 0 radical (unpaired) electrons. The van der Waals surface area contributed by atoms with Crippen molar-refractivity contribution in [2.75, 3.05) is 6.54 Å². The number of hydrogen-bond donors (Lipinski definition) is 2. The zero-order valence-corrected chi connectivity index (χ0v) is 12.0. The summed E-state index contributed by atoms with van der Waals surface area (Å²) in [7, 11) is 0. The van der Waals surface area contributed by atoms with Crippen LogP contribution < -0.4 is 10.6 Å². The third-order valence-electron chi connectivity index (χ3n) is 4.86. The van der Waals surface area contributed by atoms with E-state index in [0.29, 0.717) is 6.54 Å². The number of fused-ring (bicyclic) bond motifs is 1. The Bertz CT molecular complexity index is 446. The number of carbonyl (C=O) groups excluding carboxylic acids is 1. The van der Waals surface area contributed by atoms with Gasteiger partial charge in [0, 0.05) is 6.54 Å². The summed E-state index contributed by atoms with van der Waals surface area (Å²) in [5.74, 6) is 1.73. The van der Waals surface area contributed by atoms with Gasteiger partial charge in [-0.15, -0.1) is 0 Å². The summed E-state index contributed by atoms with van der Waals surface area (Å²) in [6.45, 7) is 1.65. The molecule has 3 nitrogen and oxygen atoms in total. The van der Waals surface area contributed by atoms with Crippen LogP contribution in [0.4, 0.5) is 0 Å². The highest BCUT2D eigenvalue weighted by Crippen LogP contribution is 2.35. The van der Waals surface area contributed by atoms with Crippen LogP contribution in [-0.4, -0.2) is 18.5 Å². The second-order valence-corrected chi connectivity index (χ2v) is 6.20. The first-order valence-corrected chi connectivity index (χ1v) is 7.88. The van der Waals surface area contributed by atoms with Gasteiger partial charge in [-0.2, -0.15) is 0 Å². The van der Waals surface area contributed by atoms with Crippen LogP contribution in [-0.2, 0) is 11.3 Å². The topological polar surface area (TPSA) is 41.1 Å². The van der Waals surface area contributed by atoms with E-state index in [1.165, 1.54) is 25.7 Å². The monoisotopic (exact) mass is 272 g/mol. The summed E-state index contributed by atoms with van der Waals surface area (Å²) in [5, 5.41) is 6.51. The Hall–Kier alpha value is -1.35. The van der Waals surface area contributed by atoms with E-state index in [1.807, 2.05) is 30.3 Å². The van der Waals surface area contributed by atoms with E-state index in [1.54, 1.807) is 0 Å². The zero-order chi connectivity index (χ0) is 13.8. The van der Waals surface area contributed by atoms with Crippen molar-refractivity contribution in [1.82, 2.24) is 10.6 Å². The molecule has 1 saturated heterocycles. The first-order valence-electron chi connectivity index (χ1n) is 7.88. The molecule has 3 heteroatoms. The standard InChI is InChI=1S/C17H24N2O/c20-17(19-11-13-6-2-1-3-7-13)16-10-14-8-4-5-9-15(14)12-18-16/h1-3,6-7,14-16,18H,4-5,8-12H2,(H,19,20)/t14-,15+,16-/m0/s1. The lowest BCUT2D eigenvalue weighted by molar-refractivity contribution is -0.124. The Labute approximate surface area is 121 Å². The fourth-order valence-corrected chi connectivity index (χ4v) is 3.65. The minimum atomic E-state index is 0.0121. The number of benzene rings is 1. The second-order valence-electron chi connectivity index (χ2n) is 6.20. The fourth-order valence-electron chi connectivity index (χ4n) is 3.65. The largest absolute Gasteiger partial charge is 0.351 e. The first-order chi connectivity index (χ1) is 9.83. The number of piperidine rings is 1. The van der Waals surface area contributed by atoms with E-state index >= 15 is 0 Å². The Morgan fingerprint density at radius 2 is 1.90 bits per heavy atom. The quantitative estimate of drug-likeness (QED) is 0.887. The SMILES string of the molecule is O=C(NCc1ccccc1)[C@@H]1C[C@@H]2CCCC[C@@H]2CN1. The van der Waals surface area contributed by atoms with Crippen LogP contribution in [0.25, 0.3) is 0 Å². The average molecular weight is 272 g/mol. The van der Waals surface area contributed by atoms with Crippen molar-refractivity contribution in [3.8, 4) is 0 Å². The molecule has 2 N–H and O–H groups in total. The van der Waals surface area contributed by atoms with Crippen molar-refractivity contribution in [2.24, 2.45) is 11.8 Å². The molecule has 1 heterocycles. The van der Waals surface area contributed by atoms with Crippen molar-refractivity contribution < 1.29 is 4.79 Å². The van der Waals surface area contributed by atoms with Crippen LogP contribution in [0.15, 0.2) is 30.3 Å². The van der Waals surface area contributed by atoms with E-state index in [0.717, 1.165) is 30.4 Å². The molecule has 1 aliphatic carbocycles. The Balaban J connectivity index is 1.50. The van der Waals surface area contributed by atoms with Gasteiger partial charge in [0.1, 0.15) is 0 Å². The predicted molar refractivity (Wildman–Crippen MR) is 80.1 cm³/mol. The molecule has 0 bridgehead atoms. The smallest absolute Gasteiger partial charge is 0.237 e. The third-order valence-corrected chi connectivity index (χ3v) is 4.86. The van der Waals surface area contributed by atoms with Gasteiger partial charge >= 0.3 is 0 Å². The number of nitrogens with one attached hydrogen (secondary N) is 2. The number of rotatable bonds is 3. The molecule has 0 spiro atoms. The summed E-state index contributed by atoms with van der Waals surface area (Å²) in [4.78, 5) is 12.3. The van der Waals surface area contributed by atoms with Crippen LogP contribution in [0.5, 0.6) is 0 Å². The van der Waals surface area contributed by atoms with Crippen LogP contribution >= 0.6 is 0 Å². The fraction of sp³-hybridized carbons (Fsp3) is 0.588. The molecule has 1 saturated carbocycles. The van der Waals surface area contributed by atoms with Crippen LogP contribution in [0.1, 0.15) is 37.7 Å². The minimum absolute atomic E-state index is 0.0121. The van der Waals surface area contributed by atoms with E-state index in [-0.39, 0.29) is 11.9 Å². The summed E-state index contributed by atoms with van der Waals surface area (Å²) < 4.78 is 0. The molecule has 1 amide bonds. The molecule has 20 heavy (non-hydrogen) atoms. The van der Waals surface area contributed by atoms with Crippen molar-refractivity contribution >= 4 is 5.91 Å². The minimum Gasteiger partial charge on any atom is -0.351 e. The summed E-state index contributed by atoms with van der Waals surface area (Å²) in [5.41, 5.74) is 1.16. The van der Waals surface area contributed by atoms with E-state index in [9.17, 15) is 4.79 Å². The van der Waals surface area contributed by atoms with Gasteiger partial charge < -0.3 is 10.6 Å². The third kappa shape index (κ3) is 3.21. The molecular formula is C17H24N2O. The molecule has 0 unspecified atom stereocenters. The highest BCUT2D eigenvalue weighted by Gasteiger charge is 2.34. The highest BCUT2D eigenvalue weighted by molar-refractivity contribution is 5.81. The van der Waals surface area contributed by atoms with Crippen LogP contribution in [0.3, 0.4) is 0 Å². The van der Waals surface area contributed by atoms with Gasteiger partial charge in [-0.25, -0.2) is 0 Å². The molecule has 2 aliphatic rings. The molecule has 1 aromatic rings. The lowest BCUT2D eigenvalue weighted by atomic mass is 9.73. The molecule has 3 rings (SSSR count). The van der Waals surface area contributed by atoms with Crippen molar-refractivity contribution in [3.63, 3.8) is 0 Å². The lowest BCUT2D eigenvalue weighted by Crippen LogP contribution is -2.52. The maximum absolute atomic E-state index is 12.3. The number of carbonyl (C=O) groups is 1. The summed E-state index contributed by atoms with van der Waals surface area (Å²) >= 11 is 0. The predicted octanol–water partition coefficient (Wildman–Crippen LogP) is 2.47. The number of amides is 1. The Morgan fingerprint density at radius 3 is 2.70 bits per heavy atom. The summed E-state index contributed by atoms with van der Waals surface area (Å²) in [6.07, 6.45) is 6.39. The Kier molecular flexibility index (Phi) is 4.36. The Morgan fingerprint density at radius 1 is 1.15 bits per heavy atom. The van der Waals surface area contributed by atoms with Gasteiger partial charge in [0.15, 0.2) is 0 Å². The first kappa shape index (κ1) is 13.6. The van der Waals surface area contributed by atoms with Crippen molar-refractivity contribution in [3.05, 3.63) is 35.9 Å². The zero-order valence-electron chi connectivity index (χ0n) is 12.0. The normalized spacial score (nSPS) is 29.5. The van der Waals surface area contributed by atoms with Gasteiger partial charge in [0.05, 0.1) is 6.04 Å². The number of hydrogen-bond acceptors (Lipinski definition) is 2. The van der Waals surface area contributed by atoms with Gasteiger partial charge in [-0.1, -0.05) is 49.6 Å². The maximum Gasteiger partial charge on any atom is 0.237 e. The van der Waals surface area contributed by atoms with Crippen LogP contribution in [0.2, 0.25) is 0 Å². The maximum atomic E-state index is 12.3. The second kappa shape index (κ2) is 6.40. The molecule has 1 aromatic carbocycles. The van der Waals surface area contributed by atoms with Crippen LogP contribution in [0, 0.1) is 11.8 Å². The van der Waals surface area contributed by atoms with E-state index in [4.69, 9.17) is 0 Å². The summed E-state index contributed by atoms with van der Waals surface area (Å²) in [6, 6.07) is 10.1. The van der Waals surface area contributed by atoms with Crippen molar-refractivity contribution in [1.29, 1.82) is 0 Å². The molecular weight excluding hydrogens is 248 g/mol. The molecule has 1 aliphatic heterocycles. The van der Waals surface area contributed by atoms with Crippen molar-refractivity contribution in [2.45, 2.75) is 44.7 Å². The van der Waals surface area contributed by atoms with E-state index in [2.05, 4.69) is 10.6 Å². The van der Waals surface area contributed by atoms with Gasteiger partial charge in [0.2, 0.25) is 5.91 Å². The molecule has 3 atom stereocenters. The molecule has 2 fully saturated rings. The molecule has 108 valence electrons. The highest BCUT2D eigenvalue weighted by atomic mass is 16.2. The average Bonchev–Trinajstić information content (AvgIpc) is 2.53. The van der Waals surface area contributed by atoms with Gasteiger partial charge in [0.25, 0.3) is 0 Å². The lowest BCUT2D eigenvalue weighted by Gasteiger charge is -2.39.